The van der Waals surface area contributed by atoms with Crippen LogP contribution in [0.5, 0.6) is 5.88 Å². The number of nitrogens with zero attached hydrogens (tertiary/aromatic N) is 3. The molecule has 3 atom stereocenters. The SMILES string of the molecule is [2H]C([2H])([2H])Oc1cnc(C(=O)Nc2ccc(F)c([C@@]3(C)N=C(N)[C@](C)(F)C[C@@H]3F)c2)cn1. The van der Waals surface area contributed by atoms with Crippen molar-refractivity contribution in [3.8, 4) is 5.88 Å². The van der Waals surface area contributed by atoms with E-state index in [1.165, 1.54) is 19.1 Å². The van der Waals surface area contributed by atoms with E-state index in [9.17, 15) is 18.0 Å². The zero-order chi connectivity index (χ0) is 23.9. The molecule has 3 rings (SSSR count). The van der Waals surface area contributed by atoms with Crippen molar-refractivity contribution < 1.29 is 26.8 Å². The summed E-state index contributed by atoms with van der Waals surface area (Å²) >= 11 is 0. The number of aromatic nitrogens is 2. The van der Waals surface area contributed by atoms with Crippen LogP contribution in [0.15, 0.2) is 35.6 Å². The summed E-state index contributed by atoms with van der Waals surface area (Å²) in [6.45, 7) is 2.39. The van der Waals surface area contributed by atoms with Crippen molar-refractivity contribution in [2.45, 2.75) is 37.6 Å². The van der Waals surface area contributed by atoms with Crippen molar-refractivity contribution in [3.05, 3.63) is 47.7 Å². The van der Waals surface area contributed by atoms with Crippen molar-refractivity contribution in [2.24, 2.45) is 10.7 Å². The van der Waals surface area contributed by atoms with Gasteiger partial charge in [0.1, 0.15) is 29.1 Å². The largest absolute Gasteiger partial charge is 0.480 e. The monoisotopic (exact) mass is 410 g/mol. The number of methoxy groups -OCH3 is 1. The number of benzene rings is 1. The second kappa shape index (κ2) is 7.34. The van der Waals surface area contributed by atoms with Crippen molar-refractivity contribution in [1.29, 1.82) is 0 Å². The predicted molar refractivity (Wildman–Crippen MR) is 101 cm³/mol. The predicted octanol–water partition coefficient (Wildman–Crippen LogP) is 2.92. The Balaban J connectivity index is 1.85. The highest BCUT2D eigenvalue weighted by Crippen LogP contribution is 2.42. The van der Waals surface area contributed by atoms with E-state index in [1.54, 1.807) is 0 Å². The molecule has 7 nitrogen and oxygen atoms in total. The smallest absolute Gasteiger partial charge is 0.275 e. The number of amides is 1. The van der Waals surface area contributed by atoms with Gasteiger partial charge in [0.05, 0.1) is 23.5 Å². The number of ether oxygens (including phenoxy) is 1. The maximum Gasteiger partial charge on any atom is 0.275 e. The molecule has 0 spiro atoms. The minimum absolute atomic E-state index is 0.0896. The van der Waals surface area contributed by atoms with Crippen LogP contribution < -0.4 is 15.8 Å². The van der Waals surface area contributed by atoms with Crippen LogP contribution in [0.1, 0.15) is 40.4 Å². The molecule has 3 N–H and O–H groups in total. The van der Waals surface area contributed by atoms with Gasteiger partial charge in [0, 0.05) is 17.7 Å². The molecule has 2 heterocycles. The van der Waals surface area contributed by atoms with Gasteiger partial charge in [-0.2, -0.15) is 0 Å². The second-order valence-electron chi connectivity index (χ2n) is 7.00. The van der Waals surface area contributed by atoms with Gasteiger partial charge in [-0.3, -0.25) is 9.79 Å². The van der Waals surface area contributed by atoms with Crippen molar-refractivity contribution in [3.63, 3.8) is 0 Å². The van der Waals surface area contributed by atoms with Crippen molar-refractivity contribution >= 4 is 17.4 Å². The van der Waals surface area contributed by atoms with Gasteiger partial charge in [-0.25, -0.2) is 23.1 Å². The maximum atomic E-state index is 14.9. The number of hydrogen-bond donors (Lipinski definition) is 2. The third-order valence-electron chi connectivity index (χ3n) is 4.79. The molecular formula is C19H20F3N5O2. The molecule has 1 aromatic carbocycles. The quantitative estimate of drug-likeness (QED) is 0.807. The third-order valence-corrected chi connectivity index (χ3v) is 4.79. The van der Waals surface area contributed by atoms with Crippen LogP contribution >= 0.6 is 0 Å². The molecule has 0 fully saturated rings. The van der Waals surface area contributed by atoms with E-state index in [4.69, 9.17) is 9.85 Å². The fraction of sp³-hybridized carbons (Fsp3) is 0.368. The van der Waals surface area contributed by atoms with Crippen LogP contribution in [0.4, 0.5) is 18.9 Å². The first kappa shape index (κ1) is 16.8. The standard InChI is InChI=1S/C19H20F3N5O2/c1-18(22)7-14(21)19(2,27-17(18)23)11-6-10(4-5-12(11)20)26-16(28)13-8-25-15(29-3)9-24-13/h4-6,8-9,14H,7H2,1-3H3,(H2,23,27)(H,26,28)/t14-,18+,19+/m0/s1/i3D3. The van der Waals surface area contributed by atoms with Crippen molar-refractivity contribution in [2.75, 3.05) is 12.4 Å². The molecule has 0 saturated carbocycles. The first-order valence-corrected chi connectivity index (χ1v) is 8.52. The molecule has 1 aromatic heterocycles. The first-order chi connectivity index (χ1) is 14.7. The van der Waals surface area contributed by atoms with Crippen LogP contribution in [0.3, 0.4) is 0 Å². The van der Waals surface area contributed by atoms with Crippen LogP contribution in [0.25, 0.3) is 0 Å². The lowest BCUT2D eigenvalue weighted by molar-refractivity contribution is 0.102. The Morgan fingerprint density at radius 2 is 2.14 bits per heavy atom. The average Bonchev–Trinajstić information content (AvgIpc) is 2.67. The van der Waals surface area contributed by atoms with E-state index in [1.807, 2.05) is 0 Å². The minimum Gasteiger partial charge on any atom is -0.480 e. The Morgan fingerprint density at radius 1 is 1.38 bits per heavy atom. The number of aliphatic imine (C=N–C) groups is 1. The fourth-order valence-corrected chi connectivity index (χ4v) is 2.98. The Bertz CT molecular complexity index is 1060. The number of nitrogens with one attached hydrogen (secondary N) is 1. The number of rotatable bonds is 4. The molecule has 29 heavy (non-hydrogen) atoms. The Morgan fingerprint density at radius 3 is 2.79 bits per heavy atom. The van der Waals surface area contributed by atoms with Gasteiger partial charge in [0.25, 0.3) is 5.91 Å². The highest BCUT2D eigenvalue weighted by Gasteiger charge is 2.49. The number of carbonyl (C=O) groups excluding carboxylic acids is 1. The van der Waals surface area contributed by atoms with E-state index in [-0.39, 0.29) is 22.8 Å². The number of carbonyl (C=O) groups is 1. The third kappa shape index (κ3) is 3.87. The Kier molecular flexibility index (Phi) is 4.24. The van der Waals surface area contributed by atoms with Crippen LogP contribution in [0, 0.1) is 5.82 Å². The highest BCUT2D eigenvalue weighted by atomic mass is 19.2. The van der Waals surface area contributed by atoms with Crippen LogP contribution in [-0.2, 0) is 5.54 Å². The van der Waals surface area contributed by atoms with E-state index in [0.29, 0.717) is 0 Å². The van der Waals surface area contributed by atoms with Gasteiger partial charge in [0.15, 0.2) is 5.67 Å². The molecule has 154 valence electrons. The van der Waals surface area contributed by atoms with Gasteiger partial charge in [0.2, 0.25) is 5.88 Å². The maximum absolute atomic E-state index is 14.9. The van der Waals surface area contributed by atoms with Crippen molar-refractivity contribution in [1.82, 2.24) is 9.97 Å². The number of alkyl halides is 2. The molecule has 1 amide bonds. The lowest BCUT2D eigenvalue weighted by Crippen LogP contribution is -2.51. The van der Waals surface area contributed by atoms with Gasteiger partial charge in [-0.15, -0.1) is 0 Å². The molecule has 2 aromatic rings. The molecule has 0 aliphatic carbocycles. The van der Waals surface area contributed by atoms with Crippen LogP contribution in [-0.4, -0.2) is 40.6 Å². The summed E-state index contributed by atoms with van der Waals surface area (Å²) in [5.74, 6) is -2.31. The molecule has 0 bridgehead atoms. The summed E-state index contributed by atoms with van der Waals surface area (Å²) in [6, 6.07) is 3.43. The summed E-state index contributed by atoms with van der Waals surface area (Å²) < 4.78 is 69.4. The lowest BCUT2D eigenvalue weighted by atomic mass is 9.79. The highest BCUT2D eigenvalue weighted by molar-refractivity contribution is 6.02. The summed E-state index contributed by atoms with van der Waals surface area (Å²) in [5.41, 5.74) is 1.38. The second-order valence-corrected chi connectivity index (χ2v) is 7.00. The van der Waals surface area contributed by atoms with E-state index in [0.717, 1.165) is 25.4 Å². The summed E-state index contributed by atoms with van der Waals surface area (Å²) in [4.78, 5) is 23.8. The molecule has 1 aliphatic heterocycles. The number of nitrogens with two attached hydrogens (primary N) is 1. The number of amidine groups is 1. The van der Waals surface area contributed by atoms with E-state index in [2.05, 4.69) is 25.0 Å². The van der Waals surface area contributed by atoms with Gasteiger partial charge in [-0.1, -0.05) is 0 Å². The minimum atomic E-state index is -2.72. The molecular weight excluding hydrogens is 387 g/mol. The zero-order valence-corrected chi connectivity index (χ0v) is 15.5. The topological polar surface area (TPSA) is 102 Å². The fourth-order valence-electron chi connectivity index (χ4n) is 2.98. The molecule has 0 radical (unpaired) electrons. The molecule has 10 heteroatoms. The Hall–Kier alpha value is -3.17. The number of halogens is 3. The van der Waals surface area contributed by atoms with Gasteiger partial charge in [-0.05, 0) is 32.0 Å². The van der Waals surface area contributed by atoms with E-state index < -0.39 is 48.4 Å². The van der Waals surface area contributed by atoms with Gasteiger partial charge < -0.3 is 15.8 Å². The lowest BCUT2D eigenvalue weighted by Gasteiger charge is -2.38. The Labute approximate surface area is 169 Å². The molecule has 1 aliphatic rings. The summed E-state index contributed by atoms with van der Waals surface area (Å²) in [5, 5.41) is 2.46. The normalized spacial score (nSPS) is 28.5. The zero-order valence-electron chi connectivity index (χ0n) is 18.5. The molecule has 0 unspecified atom stereocenters. The average molecular weight is 410 g/mol. The van der Waals surface area contributed by atoms with Crippen LogP contribution in [0.2, 0.25) is 0 Å². The summed E-state index contributed by atoms with van der Waals surface area (Å²) in [7, 11) is -2.72. The van der Waals surface area contributed by atoms with Gasteiger partial charge >= 0.3 is 0 Å². The summed E-state index contributed by atoms with van der Waals surface area (Å²) in [6.07, 6.45) is -0.523. The number of anilines is 1. The number of hydrogen-bond acceptors (Lipinski definition) is 6. The first-order valence-electron chi connectivity index (χ1n) is 10.0. The van der Waals surface area contributed by atoms with E-state index >= 15 is 0 Å². The molecule has 0 saturated heterocycles.